The number of aldehydes is 1. The maximum atomic E-state index is 12.8. The molecular weight excluding hydrogens is 272 g/mol. The van der Waals surface area contributed by atoms with Gasteiger partial charge < -0.3 is 4.79 Å². The predicted octanol–water partition coefficient (Wildman–Crippen LogP) is 4.64. The summed E-state index contributed by atoms with van der Waals surface area (Å²) in [6.45, 7) is 4.20. The number of carbonyl (C=O) groups is 2. The number of hydrogen-bond acceptors (Lipinski definition) is 2. The summed E-state index contributed by atoms with van der Waals surface area (Å²) in [4.78, 5) is 23.7. The minimum atomic E-state index is 0.0454. The van der Waals surface area contributed by atoms with Crippen molar-refractivity contribution >= 4 is 12.1 Å². The van der Waals surface area contributed by atoms with Gasteiger partial charge in [-0.3, -0.25) is 4.79 Å². The summed E-state index contributed by atoms with van der Waals surface area (Å²) in [7, 11) is 0. The molecule has 0 aliphatic heterocycles. The standard InChI is InChI=1S/C20H22O2/c1-3-16(13-14-21)15(2)18-11-7-8-12-19(18)20(22)17-9-5-4-6-10-17/h4-12,14-16H,3,13H2,1-2H3/t15-,16-/m1/s1. The number of rotatable bonds is 7. The Morgan fingerprint density at radius 2 is 1.68 bits per heavy atom. The van der Waals surface area contributed by atoms with Gasteiger partial charge in [0.2, 0.25) is 0 Å². The van der Waals surface area contributed by atoms with Gasteiger partial charge in [-0.1, -0.05) is 74.9 Å². The van der Waals surface area contributed by atoms with E-state index in [1.807, 2.05) is 54.6 Å². The van der Waals surface area contributed by atoms with Crippen molar-refractivity contribution in [2.75, 3.05) is 0 Å². The summed E-state index contributed by atoms with van der Waals surface area (Å²) in [6.07, 6.45) is 2.44. The molecule has 0 spiro atoms. The lowest BCUT2D eigenvalue weighted by molar-refractivity contribution is -0.108. The van der Waals surface area contributed by atoms with Crippen molar-refractivity contribution in [3.63, 3.8) is 0 Å². The monoisotopic (exact) mass is 294 g/mol. The first kappa shape index (κ1) is 16.2. The maximum Gasteiger partial charge on any atom is 0.193 e. The second-order valence-corrected chi connectivity index (χ2v) is 5.64. The minimum absolute atomic E-state index is 0.0454. The molecule has 0 saturated heterocycles. The number of benzene rings is 2. The summed E-state index contributed by atoms with van der Waals surface area (Å²) in [5.74, 6) is 0.491. The molecule has 0 heterocycles. The fourth-order valence-corrected chi connectivity index (χ4v) is 2.95. The molecule has 0 radical (unpaired) electrons. The minimum Gasteiger partial charge on any atom is -0.303 e. The van der Waals surface area contributed by atoms with Crippen molar-refractivity contribution in [1.82, 2.24) is 0 Å². The van der Waals surface area contributed by atoms with E-state index in [1.54, 1.807) is 0 Å². The average Bonchev–Trinajstić information content (AvgIpc) is 2.59. The molecule has 0 fully saturated rings. The van der Waals surface area contributed by atoms with Crippen molar-refractivity contribution in [2.24, 2.45) is 5.92 Å². The SMILES string of the molecule is CC[C@H](CC=O)[C@@H](C)c1ccccc1C(=O)c1ccccc1. The molecule has 2 aromatic rings. The molecule has 22 heavy (non-hydrogen) atoms. The molecule has 0 aliphatic carbocycles. The van der Waals surface area contributed by atoms with E-state index < -0.39 is 0 Å². The second kappa shape index (κ2) is 7.69. The van der Waals surface area contributed by atoms with Crippen LogP contribution in [0.4, 0.5) is 0 Å². The Kier molecular flexibility index (Phi) is 5.65. The van der Waals surface area contributed by atoms with Crippen LogP contribution in [0.15, 0.2) is 54.6 Å². The smallest absolute Gasteiger partial charge is 0.193 e. The molecule has 114 valence electrons. The quantitative estimate of drug-likeness (QED) is 0.551. The summed E-state index contributed by atoms with van der Waals surface area (Å²) >= 11 is 0. The van der Waals surface area contributed by atoms with E-state index in [2.05, 4.69) is 13.8 Å². The highest BCUT2D eigenvalue weighted by Gasteiger charge is 2.22. The maximum absolute atomic E-state index is 12.8. The van der Waals surface area contributed by atoms with E-state index in [1.165, 1.54) is 0 Å². The summed E-state index contributed by atoms with van der Waals surface area (Å²) in [6, 6.07) is 17.1. The van der Waals surface area contributed by atoms with Gasteiger partial charge in [-0.2, -0.15) is 0 Å². The third-order valence-corrected chi connectivity index (χ3v) is 4.36. The van der Waals surface area contributed by atoms with Crippen LogP contribution >= 0.6 is 0 Å². The summed E-state index contributed by atoms with van der Waals surface area (Å²) in [5, 5.41) is 0. The normalized spacial score (nSPS) is 13.4. The molecule has 2 rings (SSSR count). The van der Waals surface area contributed by atoms with Gasteiger partial charge in [0.15, 0.2) is 5.78 Å². The number of hydrogen-bond donors (Lipinski definition) is 0. The van der Waals surface area contributed by atoms with Gasteiger partial charge in [-0.25, -0.2) is 0 Å². The van der Waals surface area contributed by atoms with Gasteiger partial charge in [0.1, 0.15) is 6.29 Å². The van der Waals surface area contributed by atoms with Crippen molar-refractivity contribution in [3.8, 4) is 0 Å². The molecule has 0 aromatic heterocycles. The Balaban J connectivity index is 2.38. The van der Waals surface area contributed by atoms with Crippen LogP contribution in [-0.4, -0.2) is 12.1 Å². The first-order chi connectivity index (χ1) is 10.7. The fourth-order valence-electron chi connectivity index (χ4n) is 2.95. The van der Waals surface area contributed by atoms with Crippen LogP contribution in [0.5, 0.6) is 0 Å². The fraction of sp³-hybridized carbons (Fsp3) is 0.300. The molecule has 0 aliphatic rings. The Morgan fingerprint density at radius 1 is 1.05 bits per heavy atom. The highest BCUT2D eigenvalue weighted by molar-refractivity contribution is 6.10. The van der Waals surface area contributed by atoms with E-state index in [9.17, 15) is 9.59 Å². The van der Waals surface area contributed by atoms with Crippen LogP contribution in [0.25, 0.3) is 0 Å². The lowest BCUT2D eigenvalue weighted by atomic mass is 9.81. The molecule has 0 saturated carbocycles. The van der Waals surface area contributed by atoms with Gasteiger partial charge in [-0.05, 0) is 17.4 Å². The number of ketones is 1. The largest absolute Gasteiger partial charge is 0.303 e. The van der Waals surface area contributed by atoms with Crippen molar-refractivity contribution in [3.05, 3.63) is 71.3 Å². The predicted molar refractivity (Wildman–Crippen MR) is 89.2 cm³/mol. The van der Waals surface area contributed by atoms with E-state index in [4.69, 9.17) is 0 Å². The highest BCUT2D eigenvalue weighted by atomic mass is 16.1. The van der Waals surface area contributed by atoms with E-state index in [0.717, 1.165) is 23.8 Å². The molecule has 2 aromatic carbocycles. The van der Waals surface area contributed by atoms with E-state index >= 15 is 0 Å². The second-order valence-electron chi connectivity index (χ2n) is 5.64. The molecule has 0 unspecified atom stereocenters. The van der Waals surface area contributed by atoms with Crippen LogP contribution < -0.4 is 0 Å². The summed E-state index contributed by atoms with van der Waals surface area (Å²) < 4.78 is 0. The zero-order valence-electron chi connectivity index (χ0n) is 13.2. The van der Waals surface area contributed by atoms with Gasteiger partial charge in [0.05, 0.1) is 0 Å². The Bertz CT molecular complexity index is 631. The lowest BCUT2D eigenvalue weighted by Crippen LogP contribution is -2.14. The van der Waals surface area contributed by atoms with Crippen molar-refractivity contribution < 1.29 is 9.59 Å². The number of carbonyl (C=O) groups excluding carboxylic acids is 2. The topological polar surface area (TPSA) is 34.1 Å². The average molecular weight is 294 g/mol. The summed E-state index contributed by atoms with van der Waals surface area (Å²) in [5.41, 5.74) is 2.47. The van der Waals surface area contributed by atoms with Crippen molar-refractivity contribution in [2.45, 2.75) is 32.6 Å². The van der Waals surface area contributed by atoms with Crippen LogP contribution in [0.3, 0.4) is 0 Å². The first-order valence-corrected chi connectivity index (χ1v) is 7.81. The molecule has 2 atom stereocenters. The molecule has 2 nitrogen and oxygen atoms in total. The zero-order chi connectivity index (χ0) is 15.9. The Hall–Kier alpha value is -2.22. The van der Waals surface area contributed by atoms with Gasteiger partial charge >= 0.3 is 0 Å². The van der Waals surface area contributed by atoms with E-state index in [-0.39, 0.29) is 17.6 Å². The molecule has 0 N–H and O–H groups in total. The molecule has 2 heteroatoms. The Morgan fingerprint density at radius 3 is 2.32 bits per heavy atom. The van der Waals surface area contributed by atoms with Crippen LogP contribution in [0.1, 0.15) is 54.1 Å². The van der Waals surface area contributed by atoms with Gasteiger partial charge in [0, 0.05) is 17.5 Å². The lowest BCUT2D eigenvalue weighted by Gasteiger charge is -2.23. The van der Waals surface area contributed by atoms with Gasteiger partial charge in [-0.15, -0.1) is 0 Å². The Labute approximate surface area is 132 Å². The first-order valence-electron chi connectivity index (χ1n) is 7.81. The molecule has 0 bridgehead atoms. The third-order valence-electron chi connectivity index (χ3n) is 4.36. The third kappa shape index (κ3) is 3.51. The zero-order valence-corrected chi connectivity index (χ0v) is 13.2. The molecular formula is C20H22O2. The van der Waals surface area contributed by atoms with Gasteiger partial charge in [0.25, 0.3) is 0 Å². The van der Waals surface area contributed by atoms with Crippen LogP contribution in [0.2, 0.25) is 0 Å². The van der Waals surface area contributed by atoms with Crippen molar-refractivity contribution in [1.29, 1.82) is 0 Å². The highest BCUT2D eigenvalue weighted by Crippen LogP contribution is 2.31. The van der Waals surface area contributed by atoms with Crippen LogP contribution in [-0.2, 0) is 4.79 Å². The van der Waals surface area contributed by atoms with Crippen LogP contribution in [0, 0.1) is 5.92 Å². The van der Waals surface area contributed by atoms with E-state index in [0.29, 0.717) is 12.0 Å². The molecule has 0 amide bonds.